The second-order valence-electron chi connectivity index (χ2n) is 3.33. The molecule has 0 saturated heterocycles. The van der Waals surface area contributed by atoms with Gasteiger partial charge in [-0.15, -0.1) is 0 Å². The van der Waals surface area contributed by atoms with Crippen molar-refractivity contribution in [2.24, 2.45) is 0 Å². The Morgan fingerprint density at radius 3 is 2.00 bits per heavy atom. The first-order chi connectivity index (χ1) is 6.95. The highest BCUT2D eigenvalue weighted by Crippen LogP contribution is 2.01. The summed E-state index contributed by atoms with van der Waals surface area (Å²) in [6, 6.07) is 0. The lowest BCUT2D eigenvalue weighted by atomic mass is 10.4. The van der Waals surface area contributed by atoms with E-state index in [1.165, 1.54) is 6.08 Å². The van der Waals surface area contributed by atoms with Gasteiger partial charge in [-0.1, -0.05) is 12.2 Å². The summed E-state index contributed by atoms with van der Waals surface area (Å²) in [5.41, 5.74) is 0. The molecule has 0 aliphatic heterocycles. The minimum atomic E-state index is -0.493. The summed E-state index contributed by atoms with van der Waals surface area (Å²) in [7, 11) is 7.75. The minimum Gasteiger partial charge on any atom is -0.364 e. The van der Waals surface area contributed by atoms with E-state index in [0.29, 0.717) is 0 Å². The Morgan fingerprint density at radius 2 is 1.60 bits per heavy atom. The molecule has 0 aliphatic rings. The molecule has 0 atom stereocenters. The number of rotatable bonds is 5. The van der Waals surface area contributed by atoms with Gasteiger partial charge in [-0.05, 0) is 6.08 Å². The molecule has 0 unspecified atom stereocenters. The lowest BCUT2D eigenvalue weighted by Gasteiger charge is -2.23. The zero-order valence-corrected chi connectivity index (χ0v) is 9.54. The molecule has 0 rings (SSSR count). The molecule has 0 aromatic carbocycles. The van der Waals surface area contributed by atoms with Gasteiger partial charge in [0.25, 0.3) is 0 Å². The lowest BCUT2D eigenvalue weighted by molar-refractivity contribution is -0.402. The standard InChI is InChI=1S/C10H17N3O2/c1-11(2)10(12(3)4)8-6-5-7-9-13(14)15/h5-9H,1-4H3/b6-5+,9-7+. The first-order valence-electron chi connectivity index (χ1n) is 4.48. The number of allylic oxidation sites excluding steroid dienone is 4. The van der Waals surface area contributed by atoms with Crippen LogP contribution in [0.25, 0.3) is 0 Å². The Morgan fingerprint density at radius 1 is 1.07 bits per heavy atom. The van der Waals surface area contributed by atoms with Crippen molar-refractivity contribution in [1.82, 2.24) is 9.80 Å². The van der Waals surface area contributed by atoms with E-state index in [9.17, 15) is 10.1 Å². The number of nitrogens with zero attached hydrogens (tertiary/aromatic N) is 3. The predicted octanol–water partition coefficient (Wildman–Crippen LogP) is 1.30. The Kier molecular flexibility index (Phi) is 5.85. The van der Waals surface area contributed by atoms with Crippen molar-refractivity contribution in [1.29, 1.82) is 0 Å². The third-order valence-corrected chi connectivity index (χ3v) is 1.59. The van der Waals surface area contributed by atoms with Crippen LogP contribution in [-0.2, 0) is 0 Å². The molecule has 0 radical (unpaired) electrons. The third-order valence-electron chi connectivity index (χ3n) is 1.59. The molecule has 0 amide bonds. The van der Waals surface area contributed by atoms with Crippen LogP contribution in [0.2, 0.25) is 0 Å². The van der Waals surface area contributed by atoms with Gasteiger partial charge >= 0.3 is 0 Å². The summed E-state index contributed by atoms with van der Waals surface area (Å²) in [6.45, 7) is 0. The van der Waals surface area contributed by atoms with Crippen molar-refractivity contribution in [2.75, 3.05) is 28.2 Å². The largest absolute Gasteiger partial charge is 0.364 e. The van der Waals surface area contributed by atoms with Crippen molar-refractivity contribution in [3.05, 3.63) is 46.4 Å². The molecule has 0 aromatic heterocycles. The van der Waals surface area contributed by atoms with E-state index in [4.69, 9.17) is 0 Å². The fourth-order valence-corrected chi connectivity index (χ4v) is 1.02. The van der Waals surface area contributed by atoms with Gasteiger partial charge in [0.2, 0.25) is 6.20 Å². The maximum atomic E-state index is 9.97. The highest BCUT2D eigenvalue weighted by atomic mass is 16.6. The fourth-order valence-electron chi connectivity index (χ4n) is 1.02. The van der Waals surface area contributed by atoms with Crippen LogP contribution in [0.15, 0.2) is 36.3 Å². The Balaban J connectivity index is 4.40. The normalized spacial score (nSPS) is 10.7. The SMILES string of the molecule is CN(C)C(=C/C=C/C=C/[N+](=O)[O-])N(C)C. The van der Waals surface area contributed by atoms with Crippen molar-refractivity contribution >= 4 is 0 Å². The Bertz CT molecular complexity index is 281. The first kappa shape index (κ1) is 13.2. The molecule has 0 saturated carbocycles. The van der Waals surface area contributed by atoms with Crippen LogP contribution in [0.3, 0.4) is 0 Å². The van der Waals surface area contributed by atoms with Gasteiger partial charge < -0.3 is 9.80 Å². The second kappa shape index (κ2) is 6.64. The summed E-state index contributed by atoms with van der Waals surface area (Å²) in [4.78, 5) is 13.4. The average molecular weight is 211 g/mol. The van der Waals surface area contributed by atoms with E-state index < -0.39 is 4.92 Å². The average Bonchev–Trinajstić information content (AvgIpc) is 2.08. The molecule has 0 fully saturated rings. The summed E-state index contributed by atoms with van der Waals surface area (Å²) in [6.07, 6.45) is 7.55. The van der Waals surface area contributed by atoms with Crippen LogP contribution < -0.4 is 0 Å². The molecule has 0 spiro atoms. The molecule has 5 nitrogen and oxygen atoms in total. The van der Waals surface area contributed by atoms with Crippen molar-refractivity contribution in [2.45, 2.75) is 0 Å². The zero-order chi connectivity index (χ0) is 11.8. The molecule has 5 heteroatoms. The number of hydrogen-bond acceptors (Lipinski definition) is 4. The highest BCUT2D eigenvalue weighted by molar-refractivity contribution is 5.14. The van der Waals surface area contributed by atoms with E-state index in [1.807, 2.05) is 44.1 Å². The van der Waals surface area contributed by atoms with Gasteiger partial charge in [-0.25, -0.2) is 0 Å². The molecule has 0 bridgehead atoms. The molecular weight excluding hydrogens is 194 g/mol. The zero-order valence-electron chi connectivity index (χ0n) is 9.54. The molecular formula is C10H17N3O2. The number of nitro groups is 1. The summed E-state index contributed by atoms with van der Waals surface area (Å²) >= 11 is 0. The van der Waals surface area contributed by atoms with Gasteiger partial charge in [0.15, 0.2) is 0 Å². The van der Waals surface area contributed by atoms with Crippen LogP contribution in [0.1, 0.15) is 0 Å². The smallest absolute Gasteiger partial charge is 0.234 e. The molecule has 0 aromatic rings. The van der Waals surface area contributed by atoms with Gasteiger partial charge in [0.05, 0.1) is 4.92 Å². The maximum Gasteiger partial charge on any atom is 0.234 e. The van der Waals surface area contributed by atoms with E-state index in [0.717, 1.165) is 12.0 Å². The Labute approximate surface area is 90.1 Å². The monoisotopic (exact) mass is 211 g/mol. The molecule has 0 aliphatic carbocycles. The van der Waals surface area contributed by atoms with Crippen LogP contribution in [0.5, 0.6) is 0 Å². The van der Waals surface area contributed by atoms with E-state index in [2.05, 4.69) is 0 Å². The first-order valence-corrected chi connectivity index (χ1v) is 4.48. The van der Waals surface area contributed by atoms with Crippen LogP contribution >= 0.6 is 0 Å². The van der Waals surface area contributed by atoms with Crippen LogP contribution in [0.4, 0.5) is 0 Å². The second-order valence-corrected chi connectivity index (χ2v) is 3.33. The molecule has 0 heterocycles. The van der Waals surface area contributed by atoms with Gasteiger partial charge in [0.1, 0.15) is 5.82 Å². The molecule has 84 valence electrons. The maximum absolute atomic E-state index is 9.97. The number of hydrogen-bond donors (Lipinski definition) is 0. The van der Waals surface area contributed by atoms with Gasteiger partial charge in [-0.2, -0.15) is 0 Å². The Hall–Kier alpha value is -1.78. The third kappa shape index (κ3) is 6.31. The summed E-state index contributed by atoms with van der Waals surface area (Å²) in [5.74, 6) is 1.01. The van der Waals surface area contributed by atoms with E-state index >= 15 is 0 Å². The van der Waals surface area contributed by atoms with Crippen molar-refractivity contribution in [3.63, 3.8) is 0 Å². The van der Waals surface area contributed by atoms with Crippen LogP contribution in [0, 0.1) is 10.1 Å². The summed E-state index contributed by atoms with van der Waals surface area (Å²) < 4.78 is 0. The minimum absolute atomic E-state index is 0.493. The highest BCUT2D eigenvalue weighted by Gasteiger charge is 1.98. The quantitative estimate of drug-likeness (QED) is 0.390. The van der Waals surface area contributed by atoms with E-state index in [1.54, 1.807) is 12.2 Å². The van der Waals surface area contributed by atoms with Gasteiger partial charge in [-0.3, -0.25) is 10.1 Å². The molecule has 0 N–H and O–H groups in total. The predicted molar refractivity (Wildman–Crippen MR) is 60.7 cm³/mol. The van der Waals surface area contributed by atoms with Crippen molar-refractivity contribution < 1.29 is 4.92 Å². The lowest BCUT2D eigenvalue weighted by Crippen LogP contribution is -2.24. The van der Waals surface area contributed by atoms with Gasteiger partial charge in [0, 0.05) is 34.3 Å². The van der Waals surface area contributed by atoms with E-state index in [-0.39, 0.29) is 0 Å². The topological polar surface area (TPSA) is 49.6 Å². The fraction of sp³-hybridized carbons (Fsp3) is 0.400. The summed E-state index contributed by atoms with van der Waals surface area (Å²) in [5, 5.41) is 9.97. The van der Waals surface area contributed by atoms with Crippen LogP contribution in [-0.4, -0.2) is 42.9 Å². The van der Waals surface area contributed by atoms with Crippen molar-refractivity contribution in [3.8, 4) is 0 Å². The molecule has 15 heavy (non-hydrogen) atoms.